The molecule has 0 spiro atoms. The van der Waals surface area contributed by atoms with Gasteiger partial charge in [0.05, 0.1) is 13.2 Å². The third-order valence-electron chi connectivity index (χ3n) is 2.59. The molecule has 0 radical (unpaired) electrons. The van der Waals surface area contributed by atoms with E-state index in [9.17, 15) is 0 Å². The van der Waals surface area contributed by atoms with Gasteiger partial charge in [-0.05, 0) is 32.5 Å². The predicted octanol–water partition coefficient (Wildman–Crippen LogP) is 2.30. The summed E-state index contributed by atoms with van der Waals surface area (Å²) < 4.78 is 21.6. The van der Waals surface area contributed by atoms with Crippen LogP contribution in [0.15, 0.2) is 0 Å². The van der Waals surface area contributed by atoms with E-state index in [1.807, 2.05) is 0 Å². The van der Waals surface area contributed by atoms with Crippen LogP contribution in [-0.2, 0) is 18.6 Å². The molecule has 0 aromatic heterocycles. The molecule has 0 saturated heterocycles. The van der Waals surface area contributed by atoms with Gasteiger partial charge in [0.25, 0.3) is 0 Å². The number of hydrogen-bond acceptors (Lipinski definition) is 4. The number of rotatable bonds is 11. The molecule has 0 aliphatic rings. The SMILES string of the molecule is CCO[Si](C)(C)CCCOCC(COC)OC. The first kappa shape index (κ1) is 17.1. The Bertz CT molecular complexity index is 176. The molecular formula is C12H28O4Si. The zero-order valence-corrected chi connectivity index (χ0v) is 13.0. The van der Waals surface area contributed by atoms with E-state index in [0.717, 1.165) is 25.7 Å². The highest BCUT2D eigenvalue weighted by molar-refractivity contribution is 6.71. The van der Waals surface area contributed by atoms with Crippen LogP contribution in [0.1, 0.15) is 13.3 Å². The fraction of sp³-hybridized carbons (Fsp3) is 1.00. The van der Waals surface area contributed by atoms with Crippen LogP contribution in [0.2, 0.25) is 19.1 Å². The van der Waals surface area contributed by atoms with Gasteiger partial charge in [-0.2, -0.15) is 0 Å². The summed E-state index contributed by atoms with van der Waals surface area (Å²) in [5, 5.41) is 0. The van der Waals surface area contributed by atoms with Crippen molar-refractivity contribution in [1.29, 1.82) is 0 Å². The monoisotopic (exact) mass is 264 g/mol. The zero-order valence-electron chi connectivity index (χ0n) is 12.0. The average molecular weight is 264 g/mol. The molecule has 4 nitrogen and oxygen atoms in total. The summed E-state index contributed by atoms with van der Waals surface area (Å²) >= 11 is 0. The molecule has 0 saturated carbocycles. The minimum atomic E-state index is -1.44. The van der Waals surface area contributed by atoms with Crippen LogP contribution in [0.3, 0.4) is 0 Å². The third kappa shape index (κ3) is 9.73. The summed E-state index contributed by atoms with van der Waals surface area (Å²) in [6.45, 7) is 9.32. The van der Waals surface area contributed by atoms with Crippen LogP contribution < -0.4 is 0 Å². The van der Waals surface area contributed by atoms with E-state index in [1.54, 1.807) is 14.2 Å². The van der Waals surface area contributed by atoms with Crippen LogP contribution in [0.5, 0.6) is 0 Å². The molecule has 0 rings (SSSR count). The van der Waals surface area contributed by atoms with Crippen molar-refractivity contribution in [3.63, 3.8) is 0 Å². The summed E-state index contributed by atoms with van der Waals surface area (Å²) in [5.41, 5.74) is 0. The van der Waals surface area contributed by atoms with E-state index >= 15 is 0 Å². The number of hydrogen-bond donors (Lipinski definition) is 0. The summed E-state index contributed by atoms with van der Waals surface area (Å²) in [4.78, 5) is 0. The van der Waals surface area contributed by atoms with Gasteiger partial charge in [0, 0.05) is 27.4 Å². The van der Waals surface area contributed by atoms with Gasteiger partial charge in [-0.1, -0.05) is 0 Å². The van der Waals surface area contributed by atoms with Crippen molar-refractivity contribution in [2.24, 2.45) is 0 Å². The van der Waals surface area contributed by atoms with E-state index < -0.39 is 8.32 Å². The molecule has 0 heterocycles. The highest BCUT2D eigenvalue weighted by atomic mass is 28.4. The second-order valence-electron chi connectivity index (χ2n) is 4.68. The summed E-state index contributed by atoms with van der Waals surface area (Å²) in [6, 6.07) is 1.14. The maximum atomic E-state index is 5.76. The lowest BCUT2D eigenvalue weighted by Gasteiger charge is -2.22. The molecule has 5 heteroatoms. The van der Waals surface area contributed by atoms with Gasteiger partial charge >= 0.3 is 0 Å². The van der Waals surface area contributed by atoms with Gasteiger partial charge in [0.15, 0.2) is 8.32 Å². The molecule has 0 N–H and O–H groups in total. The van der Waals surface area contributed by atoms with E-state index in [-0.39, 0.29) is 6.10 Å². The molecule has 1 atom stereocenters. The first-order chi connectivity index (χ1) is 8.05. The van der Waals surface area contributed by atoms with E-state index in [4.69, 9.17) is 18.6 Å². The summed E-state index contributed by atoms with van der Waals surface area (Å²) in [6.07, 6.45) is 1.10. The molecule has 0 aliphatic carbocycles. The Morgan fingerprint density at radius 1 is 1.12 bits per heavy atom. The van der Waals surface area contributed by atoms with E-state index in [2.05, 4.69) is 20.0 Å². The van der Waals surface area contributed by atoms with Gasteiger partial charge in [0.1, 0.15) is 6.10 Å². The fourth-order valence-electron chi connectivity index (χ4n) is 1.65. The topological polar surface area (TPSA) is 36.9 Å². The predicted molar refractivity (Wildman–Crippen MR) is 72.0 cm³/mol. The third-order valence-corrected chi connectivity index (χ3v) is 5.22. The van der Waals surface area contributed by atoms with Crippen molar-refractivity contribution < 1.29 is 18.6 Å². The highest BCUT2D eigenvalue weighted by Gasteiger charge is 2.20. The largest absolute Gasteiger partial charge is 0.418 e. The molecule has 0 aromatic carbocycles. The van der Waals surface area contributed by atoms with Gasteiger partial charge < -0.3 is 18.6 Å². The van der Waals surface area contributed by atoms with Crippen molar-refractivity contribution >= 4 is 8.32 Å². The first-order valence-electron chi connectivity index (χ1n) is 6.29. The fourth-order valence-corrected chi connectivity index (χ4v) is 3.57. The van der Waals surface area contributed by atoms with Crippen LogP contribution in [-0.4, -0.2) is 55.1 Å². The molecule has 0 amide bonds. The smallest absolute Gasteiger partial charge is 0.186 e. The standard InChI is InChI=1S/C12H28O4Si/c1-6-16-17(4,5)9-7-8-15-11-12(14-3)10-13-2/h12H,6-11H2,1-5H3. The van der Waals surface area contributed by atoms with Crippen molar-refractivity contribution in [2.45, 2.75) is 38.6 Å². The Kier molecular flexibility index (Phi) is 10.1. The lowest BCUT2D eigenvalue weighted by Crippen LogP contribution is -2.30. The Hall–Kier alpha value is 0.0569. The second-order valence-corrected chi connectivity index (χ2v) is 8.99. The molecule has 17 heavy (non-hydrogen) atoms. The van der Waals surface area contributed by atoms with Gasteiger partial charge in [-0.15, -0.1) is 0 Å². The molecular weight excluding hydrogens is 236 g/mol. The molecule has 0 fully saturated rings. The van der Waals surface area contributed by atoms with Crippen molar-refractivity contribution in [3.05, 3.63) is 0 Å². The van der Waals surface area contributed by atoms with Crippen molar-refractivity contribution in [3.8, 4) is 0 Å². The maximum Gasteiger partial charge on any atom is 0.186 e. The second kappa shape index (κ2) is 10.0. The average Bonchev–Trinajstić information content (AvgIpc) is 2.27. The van der Waals surface area contributed by atoms with Crippen molar-refractivity contribution in [2.75, 3.05) is 40.6 Å². The molecule has 0 aliphatic heterocycles. The highest BCUT2D eigenvalue weighted by Crippen LogP contribution is 2.13. The Morgan fingerprint density at radius 3 is 2.35 bits per heavy atom. The molecule has 0 aromatic rings. The lowest BCUT2D eigenvalue weighted by molar-refractivity contribution is -0.0302. The van der Waals surface area contributed by atoms with Gasteiger partial charge in [-0.25, -0.2) is 0 Å². The van der Waals surface area contributed by atoms with Crippen LogP contribution in [0.4, 0.5) is 0 Å². The van der Waals surface area contributed by atoms with Crippen molar-refractivity contribution in [1.82, 2.24) is 0 Å². The lowest BCUT2D eigenvalue weighted by atomic mass is 10.4. The first-order valence-corrected chi connectivity index (χ1v) is 9.40. The van der Waals surface area contributed by atoms with Crippen LogP contribution >= 0.6 is 0 Å². The normalized spacial score (nSPS) is 13.9. The van der Waals surface area contributed by atoms with Crippen LogP contribution in [0, 0.1) is 0 Å². The Balaban J connectivity index is 3.50. The van der Waals surface area contributed by atoms with E-state index in [0.29, 0.717) is 13.2 Å². The van der Waals surface area contributed by atoms with Gasteiger partial charge in [0.2, 0.25) is 0 Å². The molecule has 1 unspecified atom stereocenters. The molecule has 0 bridgehead atoms. The van der Waals surface area contributed by atoms with Gasteiger partial charge in [-0.3, -0.25) is 0 Å². The summed E-state index contributed by atoms with van der Waals surface area (Å²) in [7, 11) is 1.91. The van der Waals surface area contributed by atoms with E-state index in [1.165, 1.54) is 0 Å². The van der Waals surface area contributed by atoms with Crippen LogP contribution in [0.25, 0.3) is 0 Å². The maximum absolute atomic E-state index is 5.76. The number of methoxy groups -OCH3 is 2. The minimum Gasteiger partial charge on any atom is -0.418 e. The summed E-state index contributed by atoms with van der Waals surface area (Å²) in [5.74, 6) is 0. The quantitative estimate of drug-likeness (QED) is 0.424. The zero-order chi connectivity index (χ0) is 13.1. The Morgan fingerprint density at radius 2 is 1.82 bits per heavy atom. The molecule has 104 valence electrons. The Labute approximate surface area is 107 Å². The number of ether oxygens (including phenoxy) is 3. The minimum absolute atomic E-state index is 0.0390.